The molecule has 5 rings (SSSR count). The van der Waals surface area contributed by atoms with Crippen molar-refractivity contribution in [1.29, 1.82) is 0 Å². The number of nitrogens with zero attached hydrogens (tertiary/aromatic N) is 5. The number of aryl methyl sites for hydroxylation is 1. The minimum Gasteiger partial charge on any atom is -0.339 e. The van der Waals surface area contributed by atoms with E-state index in [4.69, 9.17) is 4.52 Å². The van der Waals surface area contributed by atoms with Gasteiger partial charge in [0.2, 0.25) is 11.7 Å². The summed E-state index contributed by atoms with van der Waals surface area (Å²) in [5.74, 6) is 0.0403. The Balaban J connectivity index is 1.43. The SMILES string of the molecule is Cc1ccc(-c2noc([C@H]3C[C@@H]3F)n2)cc1NC(=O)c1cnc2cccnn12. The monoisotopic (exact) mass is 378 g/mol. The van der Waals surface area contributed by atoms with Gasteiger partial charge in [-0.1, -0.05) is 17.3 Å². The first kappa shape index (κ1) is 16.5. The third-order valence-electron chi connectivity index (χ3n) is 4.73. The summed E-state index contributed by atoms with van der Waals surface area (Å²) in [5, 5.41) is 11.0. The highest BCUT2D eigenvalue weighted by molar-refractivity contribution is 6.04. The van der Waals surface area contributed by atoms with Crippen molar-refractivity contribution in [3.8, 4) is 11.4 Å². The summed E-state index contributed by atoms with van der Waals surface area (Å²) in [6.45, 7) is 1.88. The molecule has 1 aromatic carbocycles. The van der Waals surface area contributed by atoms with Gasteiger partial charge in [-0.15, -0.1) is 0 Å². The Hall–Kier alpha value is -3.62. The van der Waals surface area contributed by atoms with Gasteiger partial charge >= 0.3 is 0 Å². The van der Waals surface area contributed by atoms with E-state index in [9.17, 15) is 9.18 Å². The van der Waals surface area contributed by atoms with E-state index in [1.54, 1.807) is 24.4 Å². The van der Waals surface area contributed by atoms with E-state index in [-0.39, 0.29) is 11.8 Å². The van der Waals surface area contributed by atoms with Gasteiger partial charge in [-0.3, -0.25) is 4.79 Å². The average Bonchev–Trinajstić information content (AvgIpc) is 3.12. The molecule has 0 saturated heterocycles. The molecule has 0 bridgehead atoms. The maximum absolute atomic E-state index is 13.2. The van der Waals surface area contributed by atoms with Crippen molar-refractivity contribution in [3.63, 3.8) is 0 Å². The third kappa shape index (κ3) is 2.81. The number of carbonyl (C=O) groups excluding carboxylic acids is 1. The Morgan fingerprint density at radius 1 is 1.36 bits per heavy atom. The molecule has 1 saturated carbocycles. The number of amides is 1. The van der Waals surface area contributed by atoms with E-state index in [1.165, 1.54) is 10.7 Å². The number of rotatable bonds is 4. The van der Waals surface area contributed by atoms with Gasteiger partial charge in [0.1, 0.15) is 6.17 Å². The summed E-state index contributed by atoms with van der Waals surface area (Å²) in [4.78, 5) is 21.2. The lowest BCUT2D eigenvalue weighted by Gasteiger charge is -2.09. The maximum atomic E-state index is 13.2. The second kappa shape index (κ2) is 6.22. The molecular weight excluding hydrogens is 363 g/mol. The van der Waals surface area contributed by atoms with Gasteiger partial charge in [0.15, 0.2) is 11.3 Å². The zero-order valence-corrected chi connectivity index (χ0v) is 14.8. The zero-order chi connectivity index (χ0) is 19.3. The van der Waals surface area contributed by atoms with Crippen LogP contribution in [0.3, 0.4) is 0 Å². The highest BCUT2D eigenvalue weighted by Crippen LogP contribution is 2.43. The molecule has 9 heteroatoms. The number of anilines is 1. The lowest BCUT2D eigenvalue weighted by Crippen LogP contribution is -2.16. The molecule has 3 aromatic heterocycles. The number of fused-ring (bicyclic) bond motifs is 1. The number of benzene rings is 1. The number of aromatic nitrogens is 5. The molecule has 0 spiro atoms. The summed E-state index contributed by atoms with van der Waals surface area (Å²) in [7, 11) is 0. The fourth-order valence-corrected chi connectivity index (χ4v) is 2.99. The van der Waals surface area contributed by atoms with E-state index in [0.29, 0.717) is 40.7 Å². The normalized spacial score (nSPS) is 18.4. The molecule has 1 fully saturated rings. The van der Waals surface area contributed by atoms with E-state index in [1.807, 2.05) is 19.1 Å². The van der Waals surface area contributed by atoms with E-state index in [0.717, 1.165) is 5.56 Å². The van der Waals surface area contributed by atoms with E-state index < -0.39 is 6.17 Å². The Bertz CT molecular complexity index is 1200. The number of imidazole rings is 1. The van der Waals surface area contributed by atoms with Crippen LogP contribution in [-0.4, -0.2) is 36.8 Å². The number of hydrogen-bond donors (Lipinski definition) is 1. The number of nitrogens with one attached hydrogen (secondary N) is 1. The molecule has 0 radical (unpaired) electrons. The first-order valence-corrected chi connectivity index (χ1v) is 8.79. The number of hydrogen-bond acceptors (Lipinski definition) is 6. The largest absolute Gasteiger partial charge is 0.339 e. The number of alkyl halides is 1. The van der Waals surface area contributed by atoms with Crippen LogP contribution in [0.1, 0.15) is 34.3 Å². The number of halogens is 1. The van der Waals surface area contributed by atoms with Gasteiger partial charge in [0.05, 0.1) is 12.1 Å². The van der Waals surface area contributed by atoms with Crippen LogP contribution in [0.5, 0.6) is 0 Å². The second-order valence-corrected chi connectivity index (χ2v) is 6.74. The second-order valence-electron chi connectivity index (χ2n) is 6.74. The molecule has 0 aliphatic heterocycles. The molecule has 0 unspecified atom stereocenters. The standard InChI is InChI=1S/C19H15FN6O2/c1-10-4-5-11(17-24-19(28-25-17)12-8-13(12)20)7-14(10)23-18(27)15-9-21-16-3-2-6-22-26(15)16/h2-7,9,12-13H,8H2,1H3,(H,23,27)/t12-,13-/m0/s1. The van der Waals surface area contributed by atoms with Crippen molar-refractivity contribution >= 4 is 17.2 Å². The van der Waals surface area contributed by atoms with Gasteiger partial charge < -0.3 is 9.84 Å². The van der Waals surface area contributed by atoms with Crippen molar-refractivity contribution in [3.05, 3.63) is 59.9 Å². The number of carbonyl (C=O) groups is 1. The van der Waals surface area contributed by atoms with E-state index in [2.05, 4.69) is 25.5 Å². The van der Waals surface area contributed by atoms with Gasteiger partial charge in [-0.2, -0.15) is 10.1 Å². The fourth-order valence-electron chi connectivity index (χ4n) is 2.99. The first-order valence-electron chi connectivity index (χ1n) is 8.79. The van der Waals surface area contributed by atoms with Crippen LogP contribution < -0.4 is 5.32 Å². The Kier molecular flexibility index (Phi) is 3.68. The van der Waals surface area contributed by atoms with Crippen molar-refractivity contribution in [2.75, 3.05) is 5.32 Å². The highest BCUT2D eigenvalue weighted by atomic mass is 19.1. The van der Waals surface area contributed by atoms with Gasteiger partial charge in [0, 0.05) is 17.4 Å². The molecule has 3 heterocycles. The molecule has 28 heavy (non-hydrogen) atoms. The maximum Gasteiger partial charge on any atom is 0.276 e. The Labute approximate surface area is 158 Å². The summed E-state index contributed by atoms with van der Waals surface area (Å²) in [5.41, 5.74) is 3.06. The quantitative estimate of drug-likeness (QED) is 0.586. The Morgan fingerprint density at radius 3 is 3.04 bits per heavy atom. The van der Waals surface area contributed by atoms with Crippen LogP contribution in [0, 0.1) is 6.92 Å². The predicted molar refractivity (Wildman–Crippen MR) is 97.7 cm³/mol. The van der Waals surface area contributed by atoms with Crippen LogP contribution in [-0.2, 0) is 0 Å². The fraction of sp³-hybridized carbons (Fsp3) is 0.211. The molecule has 4 aromatic rings. The van der Waals surface area contributed by atoms with Crippen molar-refractivity contribution in [1.82, 2.24) is 24.7 Å². The van der Waals surface area contributed by atoms with Crippen molar-refractivity contribution in [2.45, 2.75) is 25.4 Å². The lowest BCUT2D eigenvalue weighted by atomic mass is 10.1. The smallest absolute Gasteiger partial charge is 0.276 e. The van der Waals surface area contributed by atoms with Crippen molar-refractivity contribution < 1.29 is 13.7 Å². The van der Waals surface area contributed by atoms with Crippen LogP contribution in [0.2, 0.25) is 0 Å². The molecule has 1 aliphatic rings. The molecular formula is C19H15FN6O2. The van der Waals surface area contributed by atoms with Gasteiger partial charge in [-0.05, 0) is 37.1 Å². The summed E-state index contributed by atoms with van der Waals surface area (Å²) in [6, 6.07) is 8.96. The van der Waals surface area contributed by atoms with Crippen LogP contribution in [0.4, 0.5) is 10.1 Å². The molecule has 1 amide bonds. The highest BCUT2D eigenvalue weighted by Gasteiger charge is 2.43. The zero-order valence-electron chi connectivity index (χ0n) is 14.8. The molecule has 2 atom stereocenters. The van der Waals surface area contributed by atoms with Gasteiger partial charge in [0.25, 0.3) is 5.91 Å². The predicted octanol–water partition coefficient (Wildman–Crippen LogP) is 3.17. The van der Waals surface area contributed by atoms with Crippen LogP contribution in [0.25, 0.3) is 17.0 Å². The first-order chi connectivity index (χ1) is 13.6. The van der Waals surface area contributed by atoms with Crippen LogP contribution >= 0.6 is 0 Å². The molecule has 140 valence electrons. The molecule has 8 nitrogen and oxygen atoms in total. The van der Waals surface area contributed by atoms with Gasteiger partial charge in [-0.25, -0.2) is 13.9 Å². The Morgan fingerprint density at radius 2 is 2.21 bits per heavy atom. The summed E-state index contributed by atoms with van der Waals surface area (Å²) >= 11 is 0. The average molecular weight is 378 g/mol. The minimum atomic E-state index is -0.903. The van der Waals surface area contributed by atoms with Crippen molar-refractivity contribution in [2.24, 2.45) is 0 Å². The molecule has 1 aliphatic carbocycles. The molecule has 1 N–H and O–H groups in total. The van der Waals surface area contributed by atoms with Crippen LogP contribution in [0.15, 0.2) is 47.2 Å². The third-order valence-corrected chi connectivity index (χ3v) is 4.73. The summed E-state index contributed by atoms with van der Waals surface area (Å²) in [6.07, 6.45) is 2.59. The van der Waals surface area contributed by atoms with E-state index >= 15 is 0 Å². The summed E-state index contributed by atoms with van der Waals surface area (Å²) < 4.78 is 19.8. The lowest BCUT2D eigenvalue weighted by molar-refractivity contribution is 0.102. The topological polar surface area (TPSA) is 98.2 Å². The minimum absolute atomic E-state index is 0.298.